The highest BCUT2D eigenvalue weighted by molar-refractivity contribution is 7.89. The molecule has 9 nitrogen and oxygen atoms in total. The minimum Gasteiger partial charge on any atom is -0.462 e. The molecule has 4 aromatic rings. The zero-order valence-corrected chi connectivity index (χ0v) is 20.3. The van der Waals surface area contributed by atoms with E-state index in [1.54, 1.807) is 25.1 Å². The number of aromatic nitrogens is 2. The highest BCUT2D eigenvalue weighted by Crippen LogP contribution is 2.25. The second kappa shape index (κ2) is 10.3. The Morgan fingerprint density at radius 3 is 2.39 bits per heavy atom. The minimum absolute atomic E-state index is 0.108. The van der Waals surface area contributed by atoms with Crippen molar-refractivity contribution in [3.63, 3.8) is 0 Å². The molecule has 0 unspecified atom stereocenters. The van der Waals surface area contributed by atoms with E-state index in [0.717, 1.165) is 0 Å². The van der Waals surface area contributed by atoms with Crippen molar-refractivity contribution in [3.05, 3.63) is 89.4 Å². The smallest absolute Gasteiger partial charge is 0.338 e. The van der Waals surface area contributed by atoms with Crippen LogP contribution in [-0.4, -0.2) is 43.7 Å². The Morgan fingerprint density at radius 2 is 1.75 bits per heavy atom. The molecule has 0 atom stereocenters. The predicted octanol–water partition coefficient (Wildman–Crippen LogP) is 3.18. The number of amides is 1. The zero-order chi connectivity index (χ0) is 25.9. The molecule has 4 rings (SSSR count). The van der Waals surface area contributed by atoms with Crippen LogP contribution in [0.2, 0.25) is 0 Å². The molecule has 36 heavy (non-hydrogen) atoms. The molecule has 0 saturated carbocycles. The van der Waals surface area contributed by atoms with Crippen LogP contribution in [0.5, 0.6) is 0 Å². The number of carbonyl (C=O) groups is 2. The van der Waals surface area contributed by atoms with Crippen LogP contribution >= 0.6 is 0 Å². The molecule has 1 heterocycles. The Morgan fingerprint density at radius 1 is 1.06 bits per heavy atom. The number of fused-ring (bicyclic) bond motifs is 1. The van der Waals surface area contributed by atoms with E-state index in [9.17, 15) is 22.4 Å². The molecule has 1 amide bonds. The van der Waals surface area contributed by atoms with Crippen molar-refractivity contribution in [2.75, 3.05) is 13.7 Å². The van der Waals surface area contributed by atoms with Crippen LogP contribution in [0, 0.1) is 5.82 Å². The largest absolute Gasteiger partial charge is 0.462 e. The van der Waals surface area contributed by atoms with Crippen molar-refractivity contribution >= 4 is 32.8 Å². The molecule has 0 saturated heterocycles. The van der Waals surface area contributed by atoms with Crippen molar-refractivity contribution < 1.29 is 27.1 Å². The molecule has 0 radical (unpaired) electrons. The SMILES string of the molecule is CCOC(=O)c1cc(C(=O)NCc2ccc(S(=O)(=O)NC)cc2)c2cnn(-c3ccc(F)cc3)c2c1. The first kappa shape index (κ1) is 25.0. The average molecular weight is 511 g/mol. The van der Waals surface area contributed by atoms with Crippen LogP contribution in [0.4, 0.5) is 4.39 Å². The van der Waals surface area contributed by atoms with E-state index in [4.69, 9.17) is 4.74 Å². The number of esters is 1. The van der Waals surface area contributed by atoms with Crippen LogP contribution in [0.1, 0.15) is 33.2 Å². The summed E-state index contributed by atoms with van der Waals surface area (Å²) in [7, 11) is -2.24. The van der Waals surface area contributed by atoms with Gasteiger partial charge in [0.05, 0.1) is 40.0 Å². The van der Waals surface area contributed by atoms with Gasteiger partial charge in [0, 0.05) is 11.9 Å². The summed E-state index contributed by atoms with van der Waals surface area (Å²) in [6.07, 6.45) is 1.50. The molecule has 1 aromatic heterocycles. The number of hydrogen-bond acceptors (Lipinski definition) is 6. The zero-order valence-electron chi connectivity index (χ0n) is 19.5. The van der Waals surface area contributed by atoms with Gasteiger partial charge in [-0.05, 0) is 68.1 Å². The lowest BCUT2D eigenvalue weighted by atomic mass is 10.0. The molecule has 3 aromatic carbocycles. The first-order chi connectivity index (χ1) is 17.2. The molecule has 0 aliphatic rings. The number of ether oxygens (including phenoxy) is 1. The van der Waals surface area contributed by atoms with Gasteiger partial charge in [0.15, 0.2) is 0 Å². The summed E-state index contributed by atoms with van der Waals surface area (Å²) in [5, 5.41) is 7.62. The fraction of sp³-hybridized carbons (Fsp3) is 0.160. The number of rotatable bonds is 8. The molecular formula is C25H23FN4O5S. The summed E-state index contributed by atoms with van der Waals surface area (Å²) in [4.78, 5) is 25.8. The van der Waals surface area contributed by atoms with Gasteiger partial charge in [-0.1, -0.05) is 12.1 Å². The molecule has 0 aliphatic heterocycles. The maximum atomic E-state index is 13.4. The molecule has 186 valence electrons. The number of nitrogens with one attached hydrogen (secondary N) is 2. The number of nitrogens with zero attached hydrogens (tertiary/aromatic N) is 2. The standard InChI is InChI=1S/C25H23FN4O5S/c1-3-35-25(32)17-12-21(22-15-29-30(23(22)13-17)19-8-6-18(26)7-9-19)24(31)28-14-16-4-10-20(11-5-16)36(33,34)27-2/h4-13,15,27H,3,14H2,1-2H3,(H,28,31). The molecular weight excluding hydrogens is 487 g/mol. The van der Waals surface area contributed by atoms with E-state index in [0.29, 0.717) is 22.2 Å². The summed E-state index contributed by atoms with van der Waals surface area (Å²) in [5.74, 6) is -1.46. The number of halogens is 1. The van der Waals surface area contributed by atoms with Gasteiger partial charge in [-0.15, -0.1) is 0 Å². The van der Waals surface area contributed by atoms with Gasteiger partial charge < -0.3 is 10.1 Å². The Balaban J connectivity index is 1.67. The van der Waals surface area contributed by atoms with Crippen molar-refractivity contribution in [2.45, 2.75) is 18.4 Å². The maximum absolute atomic E-state index is 13.4. The normalized spacial score (nSPS) is 11.4. The van der Waals surface area contributed by atoms with Crippen LogP contribution in [0.15, 0.2) is 71.8 Å². The van der Waals surface area contributed by atoms with Gasteiger partial charge in [0.1, 0.15) is 5.82 Å². The van der Waals surface area contributed by atoms with Crippen LogP contribution in [0.25, 0.3) is 16.6 Å². The minimum atomic E-state index is -3.57. The van der Waals surface area contributed by atoms with Gasteiger partial charge in [-0.3, -0.25) is 4.79 Å². The highest BCUT2D eigenvalue weighted by atomic mass is 32.2. The van der Waals surface area contributed by atoms with Crippen LogP contribution in [0.3, 0.4) is 0 Å². The lowest BCUT2D eigenvalue weighted by molar-refractivity contribution is 0.0526. The van der Waals surface area contributed by atoms with Gasteiger partial charge in [0.2, 0.25) is 10.0 Å². The third-order valence-corrected chi connectivity index (χ3v) is 6.90. The Hall–Kier alpha value is -4.09. The van der Waals surface area contributed by atoms with Gasteiger partial charge >= 0.3 is 5.97 Å². The first-order valence-electron chi connectivity index (χ1n) is 11.0. The summed E-state index contributed by atoms with van der Waals surface area (Å²) >= 11 is 0. The van der Waals surface area contributed by atoms with Gasteiger partial charge in [0.25, 0.3) is 5.91 Å². The summed E-state index contributed by atoms with van der Waals surface area (Å²) in [6.45, 7) is 1.96. The second-order valence-electron chi connectivity index (χ2n) is 7.74. The third kappa shape index (κ3) is 5.11. The average Bonchev–Trinajstić information content (AvgIpc) is 3.31. The maximum Gasteiger partial charge on any atom is 0.338 e. The van der Waals surface area contributed by atoms with Crippen molar-refractivity contribution in [1.29, 1.82) is 0 Å². The summed E-state index contributed by atoms with van der Waals surface area (Å²) in [5.41, 5.74) is 2.07. The molecule has 11 heteroatoms. The first-order valence-corrected chi connectivity index (χ1v) is 12.5. The number of carbonyl (C=O) groups excluding carboxylic acids is 2. The predicted molar refractivity (Wildman–Crippen MR) is 131 cm³/mol. The van der Waals surface area contributed by atoms with Crippen LogP contribution < -0.4 is 10.0 Å². The van der Waals surface area contributed by atoms with E-state index in [1.807, 2.05) is 0 Å². The summed E-state index contributed by atoms with van der Waals surface area (Å²) in [6, 6.07) is 14.8. The van der Waals surface area contributed by atoms with Crippen molar-refractivity contribution in [3.8, 4) is 5.69 Å². The Labute approximate surface area is 206 Å². The monoisotopic (exact) mass is 510 g/mol. The van der Waals surface area contributed by atoms with Crippen molar-refractivity contribution in [1.82, 2.24) is 19.8 Å². The quantitative estimate of drug-likeness (QED) is 0.352. The molecule has 0 bridgehead atoms. The molecule has 0 aliphatic carbocycles. The number of sulfonamides is 1. The van der Waals surface area contributed by atoms with E-state index in [-0.39, 0.29) is 29.2 Å². The van der Waals surface area contributed by atoms with E-state index >= 15 is 0 Å². The lowest BCUT2D eigenvalue weighted by Crippen LogP contribution is -2.23. The number of benzene rings is 3. The van der Waals surface area contributed by atoms with E-state index in [2.05, 4.69) is 15.1 Å². The second-order valence-corrected chi connectivity index (χ2v) is 9.63. The third-order valence-electron chi connectivity index (χ3n) is 5.47. The molecule has 0 fully saturated rings. The van der Waals surface area contributed by atoms with Gasteiger partial charge in [-0.25, -0.2) is 27.0 Å². The topological polar surface area (TPSA) is 119 Å². The fourth-order valence-electron chi connectivity index (χ4n) is 3.62. The van der Waals surface area contributed by atoms with Gasteiger partial charge in [-0.2, -0.15) is 5.10 Å². The highest BCUT2D eigenvalue weighted by Gasteiger charge is 2.20. The van der Waals surface area contributed by atoms with E-state index in [1.165, 1.54) is 60.4 Å². The Kier molecular flexibility index (Phi) is 7.13. The summed E-state index contributed by atoms with van der Waals surface area (Å²) < 4.78 is 46.1. The lowest BCUT2D eigenvalue weighted by Gasteiger charge is -2.11. The van der Waals surface area contributed by atoms with Crippen LogP contribution in [-0.2, 0) is 21.3 Å². The van der Waals surface area contributed by atoms with Crippen molar-refractivity contribution in [2.24, 2.45) is 0 Å². The number of hydrogen-bond donors (Lipinski definition) is 2. The molecule has 0 spiro atoms. The Bertz CT molecular complexity index is 1530. The molecule has 2 N–H and O–H groups in total. The van der Waals surface area contributed by atoms with E-state index < -0.39 is 27.7 Å². The fourth-order valence-corrected chi connectivity index (χ4v) is 4.35.